The minimum Gasteiger partial charge on any atom is -0.353 e. The fraction of sp³-hybridized carbons (Fsp3) is 0.500. The van der Waals surface area contributed by atoms with E-state index in [1.807, 2.05) is 12.1 Å². The summed E-state index contributed by atoms with van der Waals surface area (Å²) in [5.41, 5.74) is 3.24. The SMILES string of the molecule is COC1(OC)CC2CC1c1c(C#N)cccc12. The largest absolute Gasteiger partial charge is 0.353 e. The molecule has 0 heterocycles. The summed E-state index contributed by atoms with van der Waals surface area (Å²) in [6.07, 6.45) is 1.93. The number of hydrogen-bond donors (Lipinski definition) is 0. The lowest BCUT2D eigenvalue weighted by atomic mass is 9.84. The molecule has 88 valence electrons. The Morgan fingerprint density at radius 2 is 2.12 bits per heavy atom. The van der Waals surface area contributed by atoms with Crippen LogP contribution in [0.3, 0.4) is 0 Å². The van der Waals surface area contributed by atoms with Gasteiger partial charge in [-0.25, -0.2) is 0 Å². The molecule has 1 aromatic rings. The fourth-order valence-corrected chi connectivity index (χ4v) is 3.57. The maximum Gasteiger partial charge on any atom is 0.175 e. The van der Waals surface area contributed by atoms with Crippen molar-refractivity contribution in [3.63, 3.8) is 0 Å². The molecule has 3 rings (SSSR count). The van der Waals surface area contributed by atoms with Gasteiger partial charge in [0.2, 0.25) is 0 Å². The Bertz CT molecular complexity index is 499. The molecule has 1 fully saturated rings. The Kier molecular flexibility index (Phi) is 2.25. The van der Waals surface area contributed by atoms with Gasteiger partial charge in [-0.15, -0.1) is 0 Å². The van der Waals surface area contributed by atoms with E-state index in [9.17, 15) is 5.26 Å². The summed E-state index contributed by atoms with van der Waals surface area (Å²) in [6, 6.07) is 8.28. The van der Waals surface area contributed by atoms with Crippen LogP contribution < -0.4 is 0 Å². The second-order valence-electron chi connectivity index (χ2n) is 4.83. The summed E-state index contributed by atoms with van der Waals surface area (Å²) < 4.78 is 11.2. The van der Waals surface area contributed by atoms with Crippen LogP contribution >= 0.6 is 0 Å². The van der Waals surface area contributed by atoms with Crippen LogP contribution in [0.5, 0.6) is 0 Å². The van der Waals surface area contributed by atoms with Gasteiger partial charge in [0.25, 0.3) is 0 Å². The third-order valence-corrected chi connectivity index (χ3v) is 4.32. The molecular formula is C14H15NO2. The molecule has 0 radical (unpaired) electrons. The summed E-state index contributed by atoms with van der Waals surface area (Å²) in [4.78, 5) is 0. The number of nitriles is 1. The van der Waals surface area contributed by atoms with E-state index >= 15 is 0 Å². The van der Waals surface area contributed by atoms with Gasteiger partial charge in [0.15, 0.2) is 5.79 Å². The molecule has 0 aliphatic heterocycles. The number of methoxy groups -OCH3 is 2. The average molecular weight is 229 g/mol. The second-order valence-corrected chi connectivity index (χ2v) is 4.83. The van der Waals surface area contributed by atoms with Crippen LogP contribution in [0.1, 0.15) is 41.4 Å². The predicted octanol–water partition coefficient (Wildman–Crippen LogP) is 2.52. The maximum absolute atomic E-state index is 9.21. The summed E-state index contributed by atoms with van der Waals surface area (Å²) in [7, 11) is 3.39. The third-order valence-electron chi connectivity index (χ3n) is 4.32. The first kappa shape index (κ1) is 10.8. The molecule has 17 heavy (non-hydrogen) atoms. The first-order valence-electron chi connectivity index (χ1n) is 5.89. The Hall–Kier alpha value is -1.37. The van der Waals surface area contributed by atoms with E-state index in [1.165, 1.54) is 5.56 Å². The van der Waals surface area contributed by atoms with Crippen molar-refractivity contribution >= 4 is 0 Å². The van der Waals surface area contributed by atoms with Gasteiger partial charge < -0.3 is 9.47 Å². The van der Waals surface area contributed by atoms with Gasteiger partial charge in [-0.2, -0.15) is 5.26 Å². The standard InChI is InChI=1S/C14H15NO2/c1-16-14(17-2)7-10-6-12(14)13-9(8-15)4-3-5-11(10)13/h3-5,10,12H,6-7H2,1-2H3. The zero-order valence-corrected chi connectivity index (χ0v) is 10.1. The van der Waals surface area contributed by atoms with Gasteiger partial charge in [-0.1, -0.05) is 12.1 Å². The molecular weight excluding hydrogens is 214 g/mol. The van der Waals surface area contributed by atoms with Crippen LogP contribution in [0.25, 0.3) is 0 Å². The van der Waals surface area contributed by atoms with Crippen molar-refractivity contribution in [2.24, 2.45) is 0 Å². The molecule has 0 spiro atoms. The Morgan fingerprint density at radius 1 is 1.35 bits per heavy atom. The Morgan fingerprint density at radius 3 is 2.76 bits per heavy atom. The Labute approximate surface area is 101 Å². The van der Waals surface area contributed by atoms with Gasteiger partial charge in [-0.05, 0) is 29.5 Å². The molecule has 2 bridgehead atoms. The molecule has 0 N–H and O–H groups in total. The molecule has 2 atom stereocenters. The van der Waals surface area contributed by atoms with Gasteiger partial charge in [0.05, 0.1) is 11.6 Å². The molecule has 2 aliphatic carbocycles. The molecule has 3 nitrogen and oxygen atoms in total. The normalized spacial score (nSPS) is 27.8. The van der Waals surface area contributed by atoms with Crippen molar-refractivity contribution in [1.82, 2.24) is 0 Å². The van der Waals surface area contributed by atoms with E-state index in [1.54, 1.807) is 14.2 Å². The van der Waals surface area contributed by atoms with Gasteiger partial charge in [-0.3, -0.25) is 0 Å². The predicted molar refractivity (Wildman–Crippen MR) is 62.6 cm³/mol. The highest BCUT2D eigenvalue weighted by Crippen LogP contribution is 2.60. The highest BCUT2D eigenvalue weighted by atomic mass is 16.7. The molecule has 2 unspecified atom stereocenters. The topological polar surface area (TPSA) is 42.2 Å². The Balaban J connectivity index is 2.16. The number of fused-ring (bicyclic) bond motifs is 5. The second kappa shape index (κ2) is 3.56. The number of benzene rings is 1. The first-order valence-corrected chi connectivity index (χ1v) is 5.89. The van der Waals surface area contributed by atoms with Gasteiger partial charge >= 0.3 is 0 Å². The quantitative estimate of drug-likeness (QED) is 0.732. The number of rotatable bonds is 2. The highest BCUT2D eigenvalue weighted by Gasteiger charge is 2.55. The maximum atomic E-state index is 9.21. The van der Waals surface area contributed by atoms with E-state index in [4.69, 9.17) is 9.47 Å². The average Bonchev–Trinajstić information content (AvgIpc) is 2.94. The molecule has 1 aromatic carbocycles. The van der Waals surface area contributed by atoms with E-state index in [-0.39, 0.29) is 5.92 Å². The third kappa shape index (κ3) is 1.23. The minimum absolute atomic E-state index is 0.202. The van der Waals surface area contributed by atoms with Crippen molar-refractivity contribution in [3.8, 4) is 6.07 Å². The van der Waals surface area contributed by atoms with Crippen molar-refractivity contribution in [3.05, 3.63) is 34.9 Å². The summed E-state index contributed by atoms with van der Waals surface area (Å²) in [6.45, 7) is 0. The summed E-state index contributed by atoms with van der Waals surface area (Å²) in [5, 5.41) is 9.21. The zero-order chi connectivity index (χ0) is 12.0. The van der Waals surface area contributed by atoms with Gasteiger partial charge in [0.1, 0.15) is 0 Å². The number of ether oxygens (including phenoxy) is 2. The van der Waals surface area contributed by atoms with Crippen LogP contribution in [0.2, 0.25) is 0 Å². The van der Waals surface area contributed by atoms with E-state index in [0.29, 0.717) is 5.92 Å². The monoisotopic (exact) mass is 229 g/mol. The molecule has 0 saturated heterocycles. The number of hydrogen-bond acceptors (Lipinski definition) is 3. The van der Waals surface area contributed by atoms with Crippen molar-refractivity contribution in [1.29, 1.82) is 5.26 Å². The molecule has 2 aliphatic rings. The van der Waals surface area contributed by atoms with Crippen LogP contribution in [0.4, 0.5) is 0 Å². The van der Waals surface area contributed by atoms with Crippen LogP contribution in [0.15, 0.2) is 18.2 Å². The summed E-state index contributed by atoms with van der Waals surface area (Å²) in [5.74, 6) is 0.154. The van der Waals surface area contributed by atoms with E-state index < -0.39 is 5.79 Å². The molecule has 0 aromatic heterocycles. The van der Waals surface area contributed by atoms with E-state index in [0.717, 1.165) is 24.0 Å². The number of nitrogens with zero attached hydrogens (tertiary/aromatic N) is 1. The van der Waals surface area contributed by atoms with Crippen molar-refractivity contribution in [2.45, 2.75) is 30.5 Å². The van der Waals surface area contributed by atoms with Crippen LogP contribution in [-0.4, -0.2) is 20.0 Å². The van der Waals surface area contributed by atoms with Crippen molar-refractivity contribution in [2.75, 3.05) is 14.2 Å². The summed E-state index contributed by atoms with van der Waals surface area (Å²) >= 11 is 0. The van der Waals surface area contributed by atoms with Gasteiger partial charge in [0, 0.05) is 26.6 Å². The van der Waals surface area contributed by atoms with Crippen LogP contribution in [0, 0.1) is 11.3 Å². The van der Waals surface area contributed by atoms with Crippen molar-refractivity contribution < 1.29 is 9.47 Å². The lowest BCUT2D eigenvalue weighted by molar-refractivity contribution is -0.213. The molecule has 3 heteroatoms. The lowest BCUT2D eigenvalue weighted by Gasteiger charge is -2.36. The van der Waals surface area contributed by atoms with Crippen LogP contribution in [-0.2, 0) is 9.47 Å². The first-order chi connectivity index (χ1) is 8.25. The molecule has 1 saturated carbocycles. The van der Waals surface area contributed by atoms with E-state index in [2.05, 4.69) is 12.1 Å². The smallest absolute Gasteiger partial charge is 0.175 e. The fourth-order valence-electron chi connectivity index (χ4n) is 3.57. The zero-order valence-electron chi connectivity index (χ0n) is 10.1. The highest BCUT2D eigenvalue weighted by molar-refractivity contribution is 5.53. The lowest BCUT2D eigenvalue weighted by Crippen LogP contribution is -2.38. The molecule has 0 amide bonds. The minimum atomic E-state index is -0.523.